The number of para-hydroxylation sites is 2. The fourth-order valence-electron chi connectivity index (χ4n) is 5.84. The molecule has 3 aliphatic rings. The van der Waals surface area contributed by atoms with E-state index in [9.17, 15) is 14.0 Å². The summed E-state index contributed by atoms with van der Waals surface area (Å²) in [5, 5.41) is 6.44. The van der Waals surface area contributed by atoms with Crippen LogP contribution in [0.25, 0.3) is 0 Å². The fourth-order valence-corrected chi connectivity index (χ4v) is 5.84. The standard InChI is InChI=1S/C30H36F2N4O3/c1-30(2)17-24-28(26(37)18-30)29(21-9-8-20(31)16-22(21)32)36(25-7-4-3-6-23(25)34-24)19-27(38)33-10-5-11-35-12-14-39-15-13-35/h3-4,6-9,16,29,34H,5,10-15,17-19H2,1-2H3,(H,33,38). The molecule has 1 amide bonds. The number of hydrogen-bond donors (Lipinski definition) is 2. The number of benzene rings is 2. The summed E-state index contributed by atoms with van der Waals surface area (Å²) in [4.78, 5) is 31.0. The number of hydrogen-bond acceptors (Lipinski definition) is 6. The fraction of sp³-hybridized carbons (Fsp3) is 0.467. The van der Waals surface area contributed by atoms with Gasteiger partial charge < -0.3 is 20.3 Å². The lowest BCUT2D eigenvalue weighted by molar-refractivity contribution is -0.120. The van der Waals surface area contributed by atoms with Crippen molar-refractivity contribution < 1.29 is 23.1 Å². The van der Waals surface area contributed by atoms with Gasteiger partial charge in [-0.3, -0.25) is 14.5 Å². The Hall–Kier alpha value is -3.30. The first-order valence-corrected chi connectivity index (χ1v) is 13.6. The maximum atomic E-state index is 15.4. The molecule has 0 spiro atoms. The first-order valence-electron chi connectivity index (χ1n) is 13.6. The molecule has 7 nitrogen and oxygen atoms in total. The van der Waals surface area contributed by atoms with Crippen molar-refractivity contribution >= 4 is 23.1 Å². The lowest BCUT2D eigenvalue weighted by Crippen LogP contribution is -2.43. The molecule has 1 unspecified atom stereocenters. The lowest BCUT2D eigenvalue weighted by Gasteiger charge is -2.38. The summed E-state index contributed by atoms with van der Waals surface area (Å²) < 4.78 is 34.7. The number of morpholine rings is 1. The van der Waals surface area contributed by atoms with Crippen LogP contribution >= 0.6 is 0 Å². The number of nitrogens with one attached hydrogen (secondary N) is 2. The van der Waals surface area contributed by atoms with Crippen molar-refractivity contribution in [2.45, 2.75) is 39.2 Å². The van der Waals surface area contributed by atoms with E-state index < -0.39 is 17.7 Å². The second kappa shape index (κ2) is 11.4. The second-order valence-corrected chi connectivity index (χ2v) is 11.3. The van der Waals surface area contributed by atoms with Gasteiger partial charge in [0.05, 0.1) is 37.2 Å². The molecule has 5 rings (SSSR count). The molecule has 2 heterocycles. The summed E-state index contributed by atoms with van der Waals surface area (Å²) >= 11 is 0. The van der Waals surface area contributed by atoms with Gasteiger partial charge in [0.25, 0.3) is 0 Å². The van der Waals surface area contributed by atoms with E-state index in [1.165, 1.54) is 12.1 Å². The van der Waals surface area contributed by atoms with Crippen molar-refractivity contribution in [3.63, 3.8) is 0 Å². The number of amides is 1. The number of fused-ring (bicyclic) bond motifs is 1. The largest absolute Gasteiger partial charge is 0.379 e. The van der Waals surface area contributed by atoms with E-state index in [0.717, 1.165) is 51.0 Å². The Morgan fingerprint density at radius 1 is 1.13 bits per heavy atom. The molecular weight excluding hydrogens is 502 g/mol. The van der Waals surface area contributed by atoms with Crippen molar-refractivity contribution in [3.8, 4) is 0 Å². The van der Waals surface area contributed by atoms with Crippen LogP contribution < -0.4 is 15.5 Å². The molecule has 0 saturated carbocycles. The van der Waals surface area contributed by atoms with E-state index in [1.54, 1.807) is 4.90 Å². The molecule has 1 aliphatic carbocycles. The van der Waals surface area contributed by atoms with Crippen molar-refractivity contribution in [1.82, 2.24) is 10.2 Å². The number of nitrogens with zero attached hydrogens (tertiary/aromatic N) is 2. The SMILES string of the molecule is CC1(C)CC(=O)C2=C(C1)Nc1ccccc1N(CC(=O)NCCCN1CCOCC1)C2c1ccc(F)cc1F. The number of carbonyl (C=O) groups excluding carboxylic acids is 2. The Labute approximate surface area is 228 Å². The topological polar surface area (TPSA) is 73.9 Å². The Balaban J connectivity index is 1.47. The minimum atomic E-state index is -0.889. The van der Waals surface area contributed by atoms with Gasteiger partial charge in [-0.2, -0.15) is 0 Å². The Bertz CT molecular complexity index is 1270. The van der Waals surface area contributed by atoms with Crippen LogP contribution in [-0.2, 0) is 14.3 Å². The third-order valence-corrected chi connectivity index (χ3v) is 7.65. The predicted molar refractivity (Wildman–Crippen MR) is 146 cm³/mol. The smallest absolute Gasteiger partial charge is 0.239 e. The molecule has 0 bridgehead atoms. The lowest BCUT2D eigenvalue weighted by atomic mass is 9.73. The van der Waals surface area contributed by atoms with Crippen LogP contribution in [0.3, 0.4) is 0 Å². The summed E-state index contributed by atoms with van der Waals surface area (Å²) in [7, 11) is 0. The molecule has 1 fully saturated rings. The molecule has 0 radical (unpaired) electrons. The van der Waals surface area contributed by atoms with Gasteiger partial charge in [-0.1, -0.05) is 32.0 Å². The number of anilines is 2. The van der Waals surface area contributed by atoms with Crippen LogP contribution in [0.5, 0.6) is 0 Å². The maximum Gasteiger partial charge on any atom is 0.239 e. The van der Waals surface area contributed by atoms with Crippen LogP contribution in [0.4, 0.5) is 20.2 Å². The quantitative estimate of drug-likeness (QED) is 0.509. The Morgan fingerprint density at radius 3 is 2.67 bits per heavy atom. The summed E-state index contributed by atoms with van der Waals surface area (Å²) in [6.45, 7) is 8.56. The maximum absolute atomic E-state index is 15.4. The average molecular weight is 539 g/mol. The van der Waals surface area contributed by atoms with E-state index in [4.69, 9.17) is 4.74 Å². The van der Waals surface area contributed by atoms with Gasteiger partial charge in [0.1, 0.15) is 11.6 Å². The number of halogens is 2. The zero-order valence-electron chi connectivity index (χ0n) is 22.6. The molecule has 39 heavy (non-hydrogen) atoms. The van der Waals surface area contributed by atoms with Gasteiger partial charge in [0, 0.05) is 49.0 Å². The number of Topliss-reactive ketones (excluding diaryl/α,β-unsaturated/α-hetero) is 1. The van der Waals surface area contributed by atoms with Crippen LogP contribution in [-0.4, -0.2) is 62.5 Å². The van der Waals surface area contributed by atoms with E-state index in [-0.39, 0.29) is 29.2 Å². The summed E-state index contributed by atoms with van der Waals surface area (Å²) in [6, 6.07) is 10.0. The Morgan fingerprint density at radius 2 is 1.90 bits per heavy atom. The number of allylic oxidation sites excluding steroid dienone is 1. The molecule has 2 aliphatic heterocycles. The number of rotatable bonds is 7. The Kier molecular flexibility index (Phi) is 8.00. The van der Waals surface area contributed by atoms with Gasteiger partial charge in [0.15, 0.2) is 5.78 Å². The molecule has 2 aromatic carbocycles. The van der Waals surface area contributed by atoms with Gasteiger partial charge in [-0.15, -0.1) is 0 Å². The van der Waals surface area contributed by atoms with E-state index in [2.05, 4.69) is 15.5 Å². The monoisotopic (exact) mass is 538 g/mol. The van der Waals surface area contributed by atoms with Crippen molar-refractivity contribution in [2.24, 2.45) is 5.41 Å². The minimum absolute atomic E-state index is 0.0921. The number of ketones is 1. The highest BCUT2D eigenvalue weighted by atomic mass is 19.1. The molecule has 1 atom stereocenters. The predicted octanol–water partition coefficient (Wildman–Crippen LogP) is 4.42. The highest BCUT2D eigenvalue weighted by Gasteiger charge is 2.42. The first kappa shape index (κ1) is 27.3. The third-order valence-electron chi connectivity index (χ3n) is 7.65. The molecule has 2 N–H and O–H groups in total. The van der Waals surface area contributed by atoms with Gasteiger partial charge in [-0.25, -0.2) is 8.78 Å². The van der Waals surface area contributed by atoms with Crippen LogP contribution in [0.15, 0.2) is 53.7 Å². The number of ether oxygens (including phenoxy) is 1. The number of carbonyl (C=O) groups is 2. The minimum Gasteiger partial charge on any atom is -0.379 e. The molecule has 0 aromatic heterocycles. The highest BCUT2D eigenvalue weighted by molar-refractivity contribution is 6.01. The third kappa shape index (κ3) is 6.15. The molecule has 9 heteroatoms. The van der Waals surface area contributed by atoms with Crippen molar-refractivity contribution in [2.75, 3.05) is 56.2 Å². The highest BCUT2D eigenvalue weighted by Crippen LogP contribution is 2.48. The average Bonchev–Trinajstić information content (AvgIpc) is 3.01. The first-order chi connectivity index (χ1) is 18.7. The molecule has 1 saturated heterocycles. The second-order valence-electron chi connectivity index (χ2n) is 11.3. The van der Waals surface area contributed by atoms with Crippen molar-refractivity contribution in [3.05, 3.63) is 70.9 Å². The normalized spacial score (nSPS) is 21.1. The molecule has 2 aromatic rings. The summed E-state index contributed by atoms with van der Waals surface area (Å²) in [5.74, 6) is -1.78. The van der Waals surface area contributed by atoms with Gasteiger partial charge in [0.2, 0.25) is 5.91 Å². The van der Waals surface area contributed by atoms with Crippen molar-refractivity contribution in [1.29, 1.82) is 0 Å². The summed E-state index contributed by atoms with van der Waals surface area (Å²) in [5.41, 5.74) is 2.43. The van der Waals surface area contributed by atoms with Crippen LogP contribution in [0.1, 0.15) is 44.7 Å². The van der Waals surface area contributed by atoms with Gasteiger partial charge >= 0.3 is 0 Å². The zero-order valence-corrected chi connectivity index (χ0v) is 22.6. The van der Waals surface area contributed by atoms with Gasteiger partial charge in [-0.05, 0) is 43.0 Å². The van der Waals surface area contributed by atoms with E-state index in [1.807, 2.05) is 38.1 Å². The van der Waals surface area contributed by atoms with Crippen LogP contribution in [0, 0.1) is 17.0 Å². The summed E-state index contributed by atoms with van der Waals surface area (Å²) in [6.07, 6.45) is 1.68. The molecule has 208 valence electrons. The zero-order chi connectivity index (χ0) is 27.6. The van der Waals surface area contributed by atoms with E-state index in [0.29, 0.717) is 36.3 Å². The van der Waals surface area contributed by atoms with Crippen LogP contribution in [0.2, 0.25) is 0 Å². The molecular formula is C30H36F2N4O3. The van der Waals surface area contributed by atoms with E-state index >= 15 is 4.39 Å².